The quantitative estimate of drug-likeness (QED) is 0.720. The third-order valence-corrected chi connectivity index (χ3v) is 4.35. The summed E-state index contributed by atoms with van der Waals surface area (Å²) in [5.74, 6) is 0.937. The third-order valence-electron chi connectivity index (χ3n) is 4.35. The zero-order chi connectivity index (χ0) is 10.8. The van der Waals surface area contributed by atoms with E-state index in [-0.39, 0.29) is 0 Å². The molecule has 2 fully saturated rings. The van der Waals surface area contributed by atoms with Crippen LogP contribution in [0.25, 0.3) is 0 Å². The minimum Gasteiger partial charge on any atom is -0.328 e. The SMILES string of the molecule is CC1CCCC(N2CCC(N)CC2C)C1. The molecule has 4 atom stereocenters. The number of hydrogen-bond acceptors (Lipinski definition) is 2. The molecule has 2 N–H and O–H groups in total. The van der Waals surface area contributed by atoms with Crippen LogP contribution in [-0.2, 0) is 0 Å². The molecule has 0 amide bonds. The van der Waals surface area contributed by atoms with Gasteiger partial charge in [0, 0.05) is 24.7 Å². The molecule has 0 aromatic carbocycles. The molecule has 1 saturated heterocycles. The minimum atomic E-state index is 0.456. The van der Waals surface area contributed by atoms with E-state index < -0.39 is 0 Å². The molecule has 15 heavy (non-hydrogen) atoms. The molecule has 2 nitrogen and oxygen atoms in total. The molecule has 2 rings (SSSR count). The van der Waals surface area contributed by atoms with Gasteiger partial charge in [-0.05, 0) is 38.5 Å². The molecule has 2 aliphatic rings. The second-order valence-corrected chi connectivity index (χ2v) is 5.80. The molecule has 1 saturated carbocycles. The van der Waals surface area contributed by atoms with Gasteiger partial charge in [-0.1, -0.05) is 19.8 Å². The van der Waals surface area contributed by atoms with Gasteiger partial charge >= 0.3 is 0 Å². The van der Waals surface area contributed by atoms with E-state index in [1.807, 2.05) is 0 Å². The van der Waals surface area contributed by atoms with Crippen LogP contribution in [0, 0.1) is 5.92 Å². The van der Waals surface area contributed by atoms with E-state index in [1.165, 1.54) is 45.1 Å². The zero-order valence-corrected chi connectivity index (χ0v) is 10.3. The summed E-state index contributed by atoms with van der Waals surface area (Å²) in [5.41, 5.74) is 6.02. The van der Waals surface area contributed by atoms with Gasteiger partial charge in [0.2, 0.25) is 0 Å². The Morgan fingerprint density at radius 1 is 1.07 bits per heavy atom. The summed E-state index contributed by atoms with van der Waals surface area (Å²) in [6.45, 7) is 6.00. The van der Waals surface area contributed by atoms with Gasteiger partial charge < -0.3 is 5.73 Å². The third kappa shape index (κ3) is 2.73. The Morgan fingerprint density at radius 2 is 1.87 bits per heavy atom. The normalized spacial score (nSPS) is 44.2. The van der Waals surface area contributed by atoms with Gasteiger partial charge in [-0.25, -0.2) is 0 Å². The average Bonchev–Trinajstić information content (AvgIpc) is 2.17. The van der Waals surface area contributed by atoms with Crippen molar-refractivity contribution in [2.24, 2.45) is 11.7 Å². The van der Waals surface area contributed by atoms with E-state index in [9.17, 15) is 0 Å². The summed E-state index contributed by atoms with van der Waals surface area (Å²) in [7, 11) is 0. The summed E-state index contributed by atoms with van der Waals surface area (Å²) < 4.78 is 0. The van der Waals surface area contributed by atoms with E-state index in [0.717, 1.165) is 12.0 Å². The van der Waals surface area contributed by atoms with Crippen molar-refractivity contribution in [3.05, 3.63) is 0 Å². The van der Waals surface area contributed by atoms with Gasteiger partial charge in [-0.15, -0.1) is 0 Å². The summed E-state index contributed by atoms with van der Waals surface area (Å²) in [5, 5.41) is 0. The second kappa shape index (κ2) is 4.84. The molecule has 0 spiro atoms. The Morgan fingerprint density at radius 3 is 2.53 bits per heavy atom. The summed E-state index contributed by atoms with van der Waals surface area (Å²) in [6.07, 6.45) is 8.11. The van der Waals surface area contributed by atoms with Gasteiger partial charge in [0.05, 0.1) is 0 Å². The fraction of sp³-hybridized carbons (Fsp3) is 1.00. The topological polar surface area (TPSA) is 29.3 Å². The van der Waals surface area contributed by atoms with E-state index in [0.29, 0.717) is 12.1 Å². The predicted molar refractivity (Wildman–Crippen MR) is 64.8 cm³/mol. The smallest absolute Gasteiger partial charge is 0.0101 e. The second-order valence-electron chi connectivity index (χ2n) is 5.80. The molecule has 4 unspecified atom stereocenters. The first-order chi connectivity index (χ1) is 7.16. The lowest BCUT2D eigenvalue weighted by atomic mass is 9.84. The van der Waals surface area contributed by atoms with Gasteiger partial charge in [0.25, 0.3) is 0 Å². The van der Waals surface area contributed by atoms with Crippen LogP contribution in [0.1, 0.15) is 52.4 Å². The Bertz CT molecular complexity index is 205. The van der Waals surface area contributed by atoms with Gasteiger partial charge in [0.15, 0.2) is 0 Å². The lowest BCUT2D eigenvalue weighted by Gasteiger charge is -2.44. The molecule has 88 valence electrons. The van der Waals surface area contributed by atoms with Crippen molar-refractivity contribution >= 4 is 0 Å². The van der Waals surface area contributed by atoms with Crippen LogP contribution < -0.4 is 5.73 Å². The number of likely N-dealkylation sites (tertiary alicyclic amines) is 1. The zero-order valence-electron chi connectivity index (χ0n) is 10.3. The maximum absolute atomic E-state index is 6.02. The maximum Gasteiger partial charge on any atom is 0.0101 e. The fourth-order valence-electron chi connectivity index (χ4n) is 3.47. The number of nitrogens with zero attached hydrogens (tertiary/aromatic N) is 1. The van der Waals surface area contributed by atoms with Crippen LogP contribution >= 0.6 is 0 Å². The van der Waals surface area contributed by atoms with Crippen LogP contribution in [0.15, 0.2) is 0 Å². The van der Waals surface area contributed by atoms with Crippen LogP contribution in [0.4, 0.5) is 0 Å². The lowest BCUT2D eigenvalue weighted by Crippen LogP contribution is -2.51. The molecule has 1 aliphatic heterocycles. The molecule has 1 heterocycles. The van der Waals surface area contributed by atoms with Gasteiger partial charge in [-0.3, -0.25) is 4.90 Å². The first kappa shape index (κ1) is 11.4. The van der Waals surface area contributed by atoms with Crippen molar-refractivity contribution < 1.29 is 0 Å². The highest BCUT2D eigenvalue weighted by molar-refractivity contribution is 4.87. The molecule has 0 aromatic rings. The summed E-state index contributed by atoms with van der Waals surface area (Å²) in [4.78, 5) is 2.74. The maximum atomic E-state index is 6.02. The van der Waals surface area contributed by atoms with Crippen LogP contribution in [0.2, 0.25) is 0 Å². The van der Waals surface area contributed by atoms with Crippen molar-refractivity contribution in [3.8, 4) is 0 Å². The highest BCUT2D eigenvalue weighted by atomic mass is 15.2. The monoisotopic (exact) mass is 210 g/mol. The number of hydrogen-bond donors (Lipinski definition) is 1. The molecule has 0 bridgehead atoms. The van der Waals surface area contributed by atoms with Crippen LogP contribution in [0.3, 0.4) is 0 Å². The van der Waals surface area contributed by atoms with E-state index in [1.54, 1.807) is 0 Å². The molecular formula is C13H26N2. The molecular weight excluding hydrogens is 184 g/mol. The first-order valence-corrected chi connectivity index (χ1v) is 6.68. The highest BCUT2D eigenvalue weighted by Gasteiger charge is 2.31. The van der Waals surface area contributed by atoms with Crippen molar-refractivity contribution in [1.82, 2.24) is 4.90 Å². The fourth-order valence-corrected chi connectivity index (χ4v) is 3.47. The van der Waals surface area contributed by atoms with Crippen LogP contribution in [-0.4, -0.2) is 29.6 Å². The van der Waals surface area contributed by atoms with Crippen molar-refractivity contribution in [1.29, 1.82) is 0 Å². The van der Waals surface area contributed by atoms with Crippen molar-refractivity contribution in [3.63, 3.8) is 0 Å². The number of rotatable bonds is 1. The predicted octanol–water partition coefficient (Wildman–Crippen LogP) is 2.38. The lowest BCUT2D eigenvalue weighted by molar-refractivity contribution is 0.0626. The first-order valence-electron chi connectivity index (χ1n) is 6.68. The average molecular weight is 210 g/mol. The largest absolute Gasteiger partial charge is 0.328 e. The standard InChI is InChI=1S/C13H26N2/c1-10-4-3-5-13(8-10)15-7-6-12(14)9-11(15)2/h10-13H,3-9,14H2,1-2H3. The van der Waals surface area contributed by atoms with Gasteiger partial charge in [0.1, 0.15) is 0 Å². The Hall–Kier alpha value is -0.0800. The Labute approximate surface area is 94.2 Å². The number of piperidine rings is 1. The summed E-state index contributed by atoms with van der Waals surface area (Å²) >= 11 is 0. The molecule has 1 aliphatic carbocycles. The number of nitrogens with two attached hydrogens (primary N) is 1. The minimum absolute atomic E-state index is 0.456. The van der Waals surface area contributed by atoms with Crippen molar-refractivity contribution in [2.75, 3.05) is 6.54 Å². The highest BCUT2D eigenvalue weighted by Crippen LogP contribution is 2.30. The Kier molecular flexibility index (Phi) is 3.68. The van der Waals surface area contributed by atoms with E-state index >= 15 is 0 Å². The summed E-state index contributed by atoms with van der Waals surface area (Å²) in [6, 6.07) is 2.03. The van der Waals surface area contributed by atoms with Crippen molar-refractivity contribution in [2.45, 2.75) is 70.5 Å². The van der Waals surface area contributed by atoms with E-state index in [2.05, 4.69) is 18.7 Å². The molecule has 0 radical (unpaired) electrons. The van der Waals surface area contributed by atoms with E-state index in [4.69, 9.17) is 5.73 Å². The van der Waals surface area contributed by atoms with Gasteiger partial charge in [-0.2, -0.15) is 0 Å². The molecule has 0 aromatic heterocycles. The Balaban J connectivity index is 1.91. The van der Waals surface area contributed by atoms with Crippen LogP contribution in [0.5, 0.6) is 0 Å². The molecule has 2 heteroatoms.